The van der Waals surface area contributed by atoms with Gasteiger partial charge in [0, 0.05) is 17.6 Å². The fourth-order valence-corrected chi connectivity index (χ4v) is 2.59. The van der Waals surface area contributed by atoms with Crippen molar-refractivity contribution in [3.8, 4) is 6.07 Å². The molecule has 3 nitrogen and oxygen atoms in total. The molecule has 96 valence electrons. The van der Waals surface area contributed by atoms with Gasteiger partial charge in [0.25, 0.3) is 0 Å². The van der Waals surface area contributed by atoms with Crippen molar-refractivity contribution in [2.24, 2.45) is 0 Å². The summed E-state index contributed by atoms with van der Waals surface area (Å²) in [5.74, 6) is 0. The van der Waals surface area contributed by atoms with Crippen molar-refractivity contribution >= 4 is 17.3 Å². The molecule has 0 radical (unpaired) electrons. The number of anilines is 1. The Kier molecular flexibility index (Phi) is 4.46. The summed E-state index contributed by atoms with van der Waals surface area (Å²) in [4.78, 5) is 2.43. The first kappa shape index (κ1) is 13.2. The van der Waals surface area contributed by atoms with Gasteiger partial charge in [-0.25, -0.2) is 0 Å². The lowest BCUT2D eigenvalue weighted by Crippen LogP contribution is -2.41. The lowest BCUT2D eigenvalue weighted by atomic mass is 10.0. The number of hydrogen-bond acceptors (Lipinski definition) is 3. The van der Waals surface area contributed by atoms with Gasteiger partial charge in [0.15, 0.2) is 0 Å². The molecule has 0 spiro atoms. The first-order chi connectivity index (χ1) is 8.72. The lowest BCUT2D eigenvalue weighted by Gasteiger charge is -2.33. The number of nitriles is 1. The van der Waals surface area contributed by atoms with Gasteiger partial charge in [0.2, 0.25) is 0 Å². The molecule has 1 aliphatic rings. The lowest BCUT2D eigenvalue weighted by molar-refractivity contribution is 0.227. The molecule has 1 atom stereocenters. The van der Waals surface area contributed by atoms with Crippen molar-refractivity contribution < 1.29 is 0 Å². The molecule has 4 heteroatoms. The van der Waals surface area contributed by atoms with Crippen LogP contribution in [-0.4, -0.2) is 30.6 Å². The zero-order valence-electron chi connectivity index (χ0n) is 10.6. The number of rotatable bonds is 3. The Morgan fingerprint density at radius 3 is 3.11 bits per heavy atom. The van der Waals surface area contributed by atoms with Gasteiger partial charge in [0.05, 0.1) is 11.3 Å². The van der Waals surface area contributed by atoms with E-state index in [0.29, 0.717) is 16.6 Å². The van der Waals surface area contributed by atoms with Gasteiger partial charge < -0.3 is 10.2 Å². The maximum atomic E-state index is 9.11. The summed E-state index contributed by atoms with van der Waals surface area (Å²) in [6.07, 6.45) is 2.37. The minimum Gasteiger partial charge on any atom is -0.380 e. The first-order valence-corrected chi connectivity index (χ1v) is 6.79. The van der Waals surface area contributed by atoms with Crippen molar-refractivity contribution in [1.82, 2.24) is 4.90 Å². The van der Waals surface area contributed by atoms with Crippen molar-refractivity contribution in [3.05, 3.63) is 28.8 Å². The summed E-state index contributed by atoms with van der Waals surface area (Å²) in [7, 11) is 0. The Balaban J connectivity index is 2.07. The number of nitrogens with one attached hydrogen (secondary N) is 1. The summed E-state index contributed by atoms with van der Waals surface area (Å²) >= 11 is 5.90. The van der Waals surface area contributed by atoms with Gasteiger partial charge in [-0.05, 0) is 44.1 Å². The van der Waals surface area contributed by atoms with Crippen LogP contribution in [0, 0.1) is 11.3 Å². The highest BCUT2D eigenvalue weighted by Crippen LogP contribution is 2.22. The van der Waals surface area contributed by atoms with Gasteiger partial charge >= 0.3 is 0 Å². The van der Waals surface area contributed by atoms with E-state index < -0.39 is 0 Å². The van der Waals surface area contributed by atoms with E-state index in [1.807, 2.05) is 12.1 Å². The van der Waals surface area contributed by atoms with Crippen LogP contribution in [0.4, 0.5) is 5.69 Å². The monoisotopic (exact) mass is 263 g/mol. The standard InChI is InChI=1S/C14H18ClN3/c1-2-18-7-3-4-13(10-18)17-14-6-5-12(15)8-11(14)9-16/h5-6,8,13,17H,2-4,7,10H2,1H3. The highest BCUT2D eigenvalue weighted by Gasteiger charge is 2.19. The smallest absolute Gasteiger partial charge is 0.101 e. The molecule has 1 N–H and O–H groups in total. The fourth-order valence-electron chi connectivity index (χ4n) is 2.42. The Hall–Kier alpha value is -1.24. The maximum absolute atomic E-state index is 9.11. The molecular formula is C14H18ClN3. The summed E-state index contributed by atoms with van der Waals surface area (Å²) in [6.45, 7) is 5.50. The van der Waals surface area contributed by atoms with Crippen molar-refractivity contribution in [2.45, 2.75) is 25.8 Å². The molecule has 0 aliphatic carbocycles. The SMILES string of the molecule is CCN1CCCC(Nc2ccc(Cl)cc2C#N)C1. The highest BCUT2D eigenvalue weighted by molar-refractivity contribution is 6.30. The van der Waals surface area contributed by atoms with Crippen LogP contribution in [0.5, 0.6) is 0 Å². The molecular weight excluding hydrogens is 246 g/mol. The maximum Gasteiger partial charge on any atom is 0.101 e. The Labute approximate surface area is 113 Å². The summed E-state index contributed by atoms with van der Waals surface area (Å²) in [5, 5.41) is 13.2. The van der Waals surface area contributed by atoms with E-state index in [1.165, 1.54) is 13.0 Å². The fraction of sp³-hybridized carbons (Fsp3) is 0.500. The van der Waals surface area contributed by atoms with Crippen LogP contribution in [0.2, 0.25) is 5.02 Å². The number of nitrogens with zero attached hydrogens (tertiary/aromatic N) is 2. The summed E-state index contributed by atoms with van der Waals surface area (Å²) in [6, 6.07) is 8.05. The van der Waals surface area contributed by atoms with Crippen molar-refractivity contribution in [3.63, 3.8) is 0 Å². The molecule has 1 aromatic rings. The van der Waals surface area contributed by atoms with E-state index in [-0.39, 0.29) is 0 Å². The normalized spacial score (nSPS) is 20.4. The number of likely N-dealkylation sites (tertiary alicyclic amines) is 1. The molecule has 1 heterocycles. The van der Waals surface area contributed by atoms with E-state index in [0.717, 1.165) is 25.2 Å². The molecule has 1 saturated heterocycles. The topological polar surface area (TPSA) is 39.1 Å². The Morgan fingerprint density at radius 2 is 2.39 bits per heavy atom. The molecule has 2 rings (SSSR count). The second kappa shape index (κ2) is 6.08. The average Bonchev–Trinajstić information content (AvgIpc) is 2.41. The van der Waals surface area contributed by atoms with E-state index in [1.54, 1.807) is 6.07 Å². The quantitative estimate of drug-likeness (QED) is 0.911. The molecule has 18 heavy (non-hydrogen) atoms. The number of likely N-dealkylation sites (N-methyl/N-ethyl adjacent to an activating group) is 1. The number of piperidine rings is 1. The zero-order chi connectivity index (χ0) is 13.0. The largest absolute Gasteiger partial charge is 0.380 e. The highest BCUT2D eigenvalue weighted by atomic mass is 35.5. The number of hydrogen-bond donors (Lipinski definition) is 1. The van der Waals surface area contributed by atoms with Crippen LogP contribution < -0.4 is 5.32 Å². The molecule has 0 saturated carbocycles. The van der Waals surface area contributed by atoms with Gasteiger partial charge in [-0.3, -0.25) is 0 Å². The second-order valence-electron chi connectivity index (χ2n) is 4.68. The van der Waals surface area contributed by atoms with Crippen LogP contribution in [0.1, 0.15) is 25.3 Å². The van der Waals surface area contributed by atoms with E-state index in [9.17, 15) is 0 Å². The van der Waals surface area contributed by atoms with Crippen LogP contribution in [-0.2, 0) is 0 Å². The van der Waals surface area contributed by atoms with E-state index >= 15 is 0 Å². The first-order valence-electron chi connectivity index (χ1n) is 6.41. The predicted molar refractivity (Wildman–Crippen MR) is 74.9 cm³/mol. The van der Waals surface area contributed by atoms with Crippen LogP contribution >= 0.6 is 11.6 Å². The van der Waals surface area contributed by atoms with Crippen LogP contribution in [0.15, 0.2) is 18.2 Å². The van der Waals surface area contributed by atoms with E-state index in [2.05, 4.69) is 23.2 Å². The third-order valence-electron chi connectivity index (χ3n) is 3.41. The van der Waals surface area contributed by atoms with Crippen molar-refractivity contribution in [1.29, 1.82) is 5.26 Å². The molecule has 0 aromatic heterocycles. The van der Waals surface area contributed by atoms with Gasteiger partial charge in [-0.1, -0.05) is 18.5 Å². The molecule has 0 bridgehead atoms. The van der Waals surface area contributed by atoms with E-state index in [4.69, 9.17) is 16.9 Å². The number of halogens is 1. The second-order valence-corrected chi connectivity index (χ2v) is 5.11. The minimum atomic E-state index is 0.423. The third kappa shape index (κ3) is 3.16. The Morgan fingerprint density at radius 1 is 1.56 bits per heavy atom. The Bertz CT molecular complexity index is 453. The minimum absolute atomic E-state index is 0.423. The van der Waals surface area contributed by atoms with Crippen LogP contribution in [0.3, 0.4) is 0 Å². The van der Waals surface area contributed by atoms with Gasteiger partial charge in [0.1, 0.15) is 6.07 Å². The van der Waals surface area contributed by atoms with Gasteiger partial charge in [-0.15, -0.1) is 0 Å². The van der Waals surface area contributed by atoms with Crippen molar-refractivity contribution in [2.75, 3.05) is 25.0 Å². The predicted octanol–water partition coefficient (Wildman–Crippen LogP) is 3.11. The zero-order valence-corrected chi connectivity index (χ0v) is 11.4. The number of benzene rings is 1. The molecule has 1 fully saturated rings. The molecule has 1 aromatic carbocycles. The van der Waals surface area contributed by atoms with Gasteiger partial charge in [-0.2, -0.15) is 5.26 Å². The summed E-state index contributed by atoms with van der Waals surface area (Å²) < 4.78 is 0. The summed E-state index contributed by atoms with van der Waals surface area (Å²) in [5.41, 5.74) is 1.51. The molecule has 0 amide bonds. The molecule has 1 unspecified atom stereocenters. The molecule has 1 aliphatic heterocycles. The third-order valence-corrected chi connectivity index (χ3v) is 3.65. The average molecular weight is 264 g/mol. The van der Waals surface area contributed by atoms with Crippen LogP contribution in [0.25, 0.3) is 0 Å².